The van der Waals surface area contributed by atoms with Crippen LogP contribution in [0.2, 0.25) is 5.02 Å². The molecule has 0 bridgehead atoms. The summed E-state index contributed by atoms with van der Waals surface area (Å²) in [7, 11) is -3.49. The zero-order valence-electron chi connectivity index (χ0n) is 11.3. The number of hydrogen-bond donors (Lipinski definition) is 2. The van der Waals surface area contributed by atoms with Crippen LogP contribution in [0.4, 0.5) is 5.69 Å². The Balaban J connectivity index is 2.54. The average Bonchev–Trinajstić information content (AvgIpc) is 2.31. The molecular formula is C13H21ClN2O2S. The third-order valence-electron chi connectivity index (χ3n) is 2.78. The fraction of sp³-hybridized carbons (Fsp3) is 0.538. The van der Waals surface area contributed by atoms with Crippen LogP contribution in [-0.2, 0) is 10.0 Å². The standard InChI is InChI=1S/C13H21ClN2O2S/c1-10(2)5-3-4-8-16-19(17,18)11-6-7-12(14)13(15)9-11/h6-7,9-10,16H,3-5,8,15H2,1-2H3. The summed E-state index contributed by atoms with van der Waals surface area (Å²) in [5.41, 5.74) is 5.87. The van der Waals surface area contributed by atoms with Crippen LogP contribution >= 0.6 is 11.6 Å². The fourth-order valence-electron chi connectivity index (χ4n) is 1.66. The van der Waals surface area contributed by atoms with Crippen LogP contribution in [0.5, 0.6) is 0 Å². The Bertz CT molecular complexity index is 515. The normalized spacial score (nSPS) is 12.0. The average molecular weight is 305 g/mol. The van der Waals surface area contributed by atoms with Gasteiger partial charge in [-0.15, -0.1) is 0 Å². The molecule has 108 valence electrons. The Morgan fingerprint density at radius 1 is 1.32 bits per heavy atom. The van der Waals surface area contributed by atoms with Gasteiger partial charge in [0.15, 0.2) is 0 Å². The molecule has 3 N–H and O–H groups in total. The van der Waals surface area contributed by atoms with Crippen molar-refractivity contribution in [1.82, 2.24) is 4.72 Å². The number of benzene rings is 1. The maximum atomic E-state index is 12.0. The molecule has 1 aromatic rings. The van der Waals surface area contributed by atoms with E-state index in [0.29, 0.717) is 17.5 Å². The molecule has 0 unspecified atom stereocenters. The number of nitrogens with one attached hydrogen (secondary N) is 1. The number of nitrogens with two attached hydrogens (primary N) is 1. The van der Waals surface area contributed by atoms with Gasteiger partial charge in [-0.05, 0) is 30.5 Å². The smallest absolute Gasteiger partial charge is 0.240 e. The SMILES string of the molecule is CC(C)CCCCNS(=O)(=O)c1ccc(Cl)c(N)c1. The van der Waals surface area contributed by atoms with Gasteiger partial charge in [-0.25, -0.2) is 13.1 Å². The van der Waals surface area contributed by atoms with E-state index in [1.165, 1.54) is 18.2 Å². The summed E-state index contributed by atoms with van der Waals surface area (Å²) in [6.45, 7) is 4.75. The Labute approximate surface area is 120 Å². The van der Waals surface area contributed by atoms with E-state index < -0.39 is 10.0 Å². The van der Waals surface area contributed by atoms with Crippen LogP contribution in [0.3, 0.4) is 0 Å². The topological polar surface area (TPSA) is 72.2 Å². The van der Waals surface area contributed by atoms with Gasteiger partial charge in [0.1, 0.15) is 0 Å². The summed E-state index contributed by atoms with van der Waals surface area (Å²) in [5, 5.41) is 0.357. The van der Waals surface area contributed by atoms with Crippen LogP contribution in [0.25, 0.3) is 0 Å². The lowest BCUT2D eigenvalue weighted by Crippen LogP contribution is -2.25. The van der Waals surface area contributed by atoms with Crippen molar-refractivity contribution < 1.29 is 8.42 Å². The first kappa shape index (κ1) is 16.3. The van der Waals surface area contributed by atoms with Crippen LogP contribution in [-0.4, -0.2) is 15.0 Å². The van der Waals surface area contributed by atoms with Gasteiger partial charge < -0.3 is 5.73 Å². The van der Waals surface area contributed by atoms with Crippen molar-refractivity contribution in [2.75, 3.05) is 12.3 Å². The third-order valence-corrected chi connectivity index (χ3v) is 4.58. The van der Waals surface area contributed by atoms with Crippen molar-refractivity contribution in [3.8, 4) is 0 Å². The van der Waals surface area contributed by atoms with E-state index in [1.807, 2.05) is 0 Å². The first-order valence-electron chi connectivity index (χ1n) is 6.37. The van der Waals surface area contributed by atoms with Gasteiger partial charge in [0.05, 0.1) is 15.6 Å². The Morgan fingerprint density at radius 3 is 2.58 bits per heavy atom. The van der Waals surface area contributed by atoms with Gasteiger partial charge in [0.2, 0.25) is 10.0 Å². The third kappa shape index (κ3) is 5.38. The molecule has 0 spiro atoms. The minimum Gasteiger partial charge on any atom is -0.397 e. The highest BCUT2D eigenvalue weighted by molar-refractivity contribution is 7.89. The van der Waals surface area contributed by atoms with Crippen LogP contribution in [0.15, 0.2) is 23.1 Å². The molecule has 0 aliphatic carbocycles. The molecule has 0 atom stereocenters. The lowest BCUT2D eigenvalue weighted by atomic mass is 10.1. The molecule has 0 saturated heterocycles. The fourth-order valence-corrected chi connectivity index (χ4v) is 2.88. The summed E-state index contributed by atoms with van der Waals surface area (Å²) in [6.07, 6.45) is 2.96. The van der Waals surface area contributed by atoms with Crippen LogP contribution < -0.4 is 10.5 Å². The largest absolute Gasteiger partial charge is 0.397 e. The maximum absolute atomic E-state index is 12.0. The molecule has 6 heteroatoms. The summed E-state index contributed by atoms with van der Waals surface area (Å²) in [4.78, 5) is 0.151. The molecule has 0 aliphatic rings. The van der Waals surface area contributed by atoms with E-state index >= 15 is 0 Å². The molecule has 0 aromatic heterocycles. The van der Waals surface area contributed by atoms with Crippen molar-refractivity contribution in [1.29, 1.82) is 0 Å². The molecule has 19 heavy (non-hydrogen) atoms. The number of sulfonamides is 1. The van der Waals surface area contributed by atoms with Gasteiger partial charge in [0, 0.05) is 6.54 Å². The molecule has 0 radical (unpaired) electrons. The van der Waals surface area contributed by atoms with Crippen molar-refractivity contribution in [2.45, 2.75) is 38.0 Å². The molecule has 1 rings (SSSR count). The molecule has 0 aliphatic heterocycles. The first-order valence-corrected chi connectivity index (χ1v) is 8.23. The molecule has 0 heterocycles. The Kier molecular flexibility index (Phi) is 6.10. The maximum Gasteiger partial charge on any atom is 0.240 e. The van der Waals surface area contributed by atoms with E-state index in [4.69, 9.17) is 17.3 Å². The van der Waals surface area contributed by atoms with E-state index in [2.05, 4.69) is 18.6 Å². The number of anilines is 1. The lowest BCUT2D eigenvalue weighted by Gasteiger charge is -2.08. The highest BCUT2D eigenvalue weighted by atomic mass is 35.5. The molecule has 0 amide bonds. The van der Waals surface area contributed by atoms with Gasteiger partial charge in [-0.1, -0.05) is 38.3 Å². The highest BCUT2D eigenvalue weighted by Gasteiger charge is 2.14. The monoisotopic (exact) mass is 304 g/mol. The minimum absolute atomic E-state index is 0.151. The number of hydrogen-bond acceptors (Lipinski definition) is 3. The van der Waals surface area contributed by atoms with Crippen LogP contribution in [0, 0.1) is 5.92 Å². The first-order chi connectivity index (χ1) is 8.83. The van der Waals surface area contributed by atoms with Crippen LogP contribution in [0.1, 0.15) is 33.1 Å². The second-order valence-corrected chi connectivity index (χ2v) is 7.14. The van der Waals surface area contributed by atoms with Crippen molar-refractivity contribution in [3.05, 3.63) is 23.2 Å². The van der Waals surface area contributed by atoms with E-state index in [9.17, 15) is 8.42 Å². The number of unbranched alkanes of at least 4 members (excludes halogenated alkanes) is 1. The zero-order chi connectivity index (χ0) is 14.5. The molecule has 0 saturated carbocycles. The number of halogens is 1. The van der Waals surface area contributed by atoms with E-state index in [1.54, 1.807) is 0 Å². The zero-order valence-corrected chi connectivity index (χ0v) is 12.9. The number of rotatable bonds is 7. The van der Waals surface area contributed by atoms with E-state index in [0.717, 1.165) is 19.3 Å². The van der Waals surface area contributed by atoms with E-state index in [-0.39, 0.29) is 10.6 Å². The number of nitrogen functional groups attached to an aromatic ring is 1. The summed E-state index contributed by atoms with van der Waals surface area (Å²) >= 11 is 5.77. The summed E-state index contributed by atoms with van der Waals surface area (Å²) in [5.74, 6) is 0.646. The second kappa shape index (κ2) is 7.12. The molecule has 1 aromatic carbocycles. The molecular weight excluding hydrogens is 284 g/mol. The van der Waals surface area contributed by atoms with Crippen molar-refractivity contribution in [2.24, 2.45) is 5.92 Å². The minimum atomic E-state index is -3.49. The van der Waals surface area contributed by atoms with Crippen molar-refractivity contribution >= 4 is 27.3 Å². The van der Waals surface area contributed by atoms with Gasteiger partial charge in [-0.2, -0.15) is 0 Å². The van der Waals surface area contributed by atoms with Gasteiger partial charge in [-0.3, -0.25) is 0 Å². The quantitative estimate of drug-likeness (QED) is 0.601. The predicted molar refractivity (Wildman–Crippen MR) is 79.7 cm³/mol. The van der Waals surface area contributed by atoms with Crippen molar-refractivity contribution in [3.63, 3.8) is 0 Å². The van der Waals surface area contributed by atoms with Gasteiger partial charge in [0.25, 0.3) is 0 Å². The molecule has 0 fully saturated rings. The highest BCUT2D eigenvalue weighted by Crippen LogP contribution is 2.22. The second-order valence-electron chi connectivity index (χ2n) is 4.97. The summed E-state index contributed by atoms with van der Waals surface area (Å²) < 4.78 is 26.5. The Hall–Kier alpha value is -0.780. The predicted octanol–water partition coefficient (Wildman–Crippen LogP) is 3.03. The molecule has 4 nitrogen and oxygen atoms in total. The van der Waals surface area contributed by atoms with Gasteiger partial charge >= 0.3 is 0 Å². The Morgan fingerprint density at radius 2 is 2.00 bits per heavy atom. The summed E-state index contributed by atoms with van der Waals surface area (Å²) in [6, 6.07) is 4.32. The lowest BCUT2D eigenvalue weighted by molar-refractivity contribution is 0.530.